The molecule has 82 valence electrons. The Morgan fingerprint density at radius 3 is 2.13 bits per heavy atom. The first-order chi connectivity index (χ1) is 6.91. The first-order valence-electron chi connectivity index (χ1n) is 5.46. The zero-order chi connectivity index (χ0) is 11.5. The molecule has 1 aromatic heterocycles. The molecule has 0 aromatic carbocycles. The summed E-state index contributed by atoms with van der Waals surface area (Å²) in [6.45, 7) is 11.1. The molecule has 0 bridgehead atoms. The van der Waals surface area contributed by atoms with Crippen molar-refractivity contribution in [3.63, 3.8) is 0 Å². The second-order valence-corrected chi connectivity index (χ2v) is 5.37. The van der Waals surface area contributed by atoms with E-state index in [1.165, 1.54) is 11.1 Å². The maximum atomic E-state index is 4.07. The number of nitrogens with zero attached hydrogens (tertiary/aromatic N) is 1. The van der Waals surface area contributed by atoms with E-state index in [0.29, 0.717) is 5.92 Å². The lowest BCUT2D eigenvalue weighted by Crippen LogP contribution is -2.16. The predicted octanol–water partition coefficient (Wildman–Crippen LogP) is 4.18. The van der Waals surface area contributed by atoms with Gasteiger partial charge in [0.2, 0.25) is 0 Å². The van der Waals surface area contributed by atoms with Crippen LogP contribution in [0.2, 0.25) is 0 Å². The fourth-order valence-corrected chi connectivity index (χ4v) is 1.75. The molecule has 1 heteroatoms. The van der Waals surface area contributed by atoms with Gasteiger partial charge < -0.3 is 0 Å². The van der Waals surface area contributed by atoms with Crippen molar-refractivity contribution < 1.29 is 0 Å². The van der Waals surface area contributed by atoms with Gasteiger partial charge in [-0.1, -0.05) is 32.4 Å². The summed E-state index contributed by atoms with van der Waals surface area (Å²) in [5, 5.41) is 0. The molecule has 15 heavy (non-hydrogen) atoms. The zero-order valence-corrected chi connectivity index (χ0v) is 10.4. The highest BCUT2D eigenvalue weighted by molar-refractivity contribution is 5.25. The van der Waals surface area contributed by atoms with Crippen LogP contribution in [-0.4, -0.2) is 4.98 Å². The predicted molar refractivity (Wildman–Crippen MR) is 65.9 cm³/mol. The Balaban J connectivity index is 3.08. The van der Waals surface area contributed by atoms with E-state index in [4.69, 9.17) is 0 Å². The SMILES string of the molecule is CC(C)=CC(c1ccncc1)C(C)(C)C. The monoisotopic (exact) mass is 203 g/mol. The molecule has 0 spiro atoms. The molecule has 0 fully saturated rings. The topological polar surface area (TPSA) is 12.9 Å². The van der Waals surface area contributed by atoms with Gasteiger partial charge in [-0.05, 0) is 37.0 Å². The van der Waals surface area contributed by atoms with Crippen LogP contribution >= 0.6 is 0 Å². The lowest BCUT2D eigenvalue weighted by atomic mass is 9.76. The Morgan fingerprint density at radius 2 is 1.73 bits per heavy atom. The summed E-state index contributed by atoms with van der Waals surface area (Å²) in [4.78, 5) is 4.07. The van der Waals surface area contributed by atoms with Crippen molar-refractivity contribution in [1.29, 1.82) is 0 Å². The molecular formula is C14H21N. The van der Waals surface area contributed by atoms with E-state index in [1.54, 1.807) is 0 Å². The molecule has 0 aliphatic heterocycles. The molecule has 0 saturated heterocycles. The molecular weight excluding hydrogens is 182 g/mol. The molecule has 1 rings (SSSR count). The first kappa shape index (κ1) is 12.0. The fraction of sp³-hybridized carbons (Fsp3) is 0.500. The Bertz CT molecular complexity index is 326. The van der Waals surface area contributed by atoms with Gasteiger partial charge in [-0.25, -0.2) is 0 Å². The highest BCUT2D eigenvalue weighted by atomic mass is 14.6. The summed E-state index contributed by atoms with van der Waals surface area (Å²) in [5.74, 6) is 0.463. The standard InChI is InChI=1S/C14H21N/c1-11(2)10-13(14(3,4)5)12-6-8-15-9-7-12/h6-10,13H,1-5H3. The molecule has 1 atom stereocenters. The Kier molecular flexibility index (Phi) is 3.67. The summed E-state index contributed by atoms with van der Waals surface area (Å²) in [6.07, 6.45) is 6.08. The van der Waals surface area contributed by atoms with Crippen LogP contribution in [0.3, 0.4) is 0 Å². The Morgan fingerprint density at radius 1 is 1.20 bits per heavy atom. The lowest BCUT2D eigenvalue weighted by molar-refractivity contribution is 0.365. The number of rotatable bonds is 2. The van der Waals surface area contributed by atoms with Gasteiger partial charge in [-0.3, -0.25) is 4.98 Å². The molecule has 1 nitrogen and oxygen atoms in total. The summed E-state index contributed by atoms with van der Waals surface area (Å²) in [6, 6.07) is 4.21. The molecule has 0 aliphatic carbocycles. The Hall–Kier alpha value is -1.11. The number of hydrogen-bond acceptors (Lipinski definition) is 1. The maximum absolute atomic E-state index is 4.07. The van der Waals surface area contributed by atoms with Crippen LogP contribution in [0.1, 0.15) is 46.1 Å². The highest BCUT2D eigenvalue weighted by Crippen LogP contribution is 2.36. The van der Waals surface area contributed by atoms with Gasteiger partial charge in [-0.2, -0.15) is 0 Å². The number of pyridine rings is 1. The van der Waals surface area contributed by atoms with Gasteiger partial charge in [-0.15, -0.1) is 0 Å². The second kappa shape index (κ2) is 4.61. The molecule has 0 N–H and O–H groups in total. The molecule has 0 amide bonds. The van der Waals surface area contributed by atoms with E-state index in [1.807, 2.05) is 12.4 Å². The largest absolute Gasteiger partial charge is 0.265 e. The third-order valence-corrected chi connectivity index (χ3v) is 2.50. The minimum absolute atomic E-state index is 0.249. The first-order valence-corrected chi connectivity index (χ1v) is 5.46. The van der Waals surface area contributed by atoms with Crippen molar-refractivity contribution in [3.05, 3.63) is 41.7 Å². The van der Waals surface area contributed by atoms with Crippen LogP contribution in [0.25, 0.3) is 0 Å². The minimum Gasteiger partial charge on any atom is -0.265 e. The molecule has 1 heterocycles. The zero-order valence-electron chi connectivity index (χ0n) is 10.4. The smallest absolute Gasteiger partial charge is 0.0270 e. The summed E-state index contributed by atoms with van der Waals surface area (Å²) in [5.41, 5.74) is 2.96. The van der Waals surface area contributed by atoms with Crippen LogP contribution in [0.15, 0.2) is 36.2 Å². The van der Waals surface area contributed by atoms with Gasteiger partial charge in [0.05, 0.1) is 0 Å². The number of allylic oxidation sites excluding steroid dienone is 2. The van der Waals surface area contributed by atoms with Gasteiger partial charge in [0.1, 0.15) is 0 Å². The summed E-state index contributed by atoms with van der Waals surface area (Å²) >= 11 is 0. The van der Waals surface area contributed by atoms with Crippen LogP contribution in [0.5, 0.6) is 0 Å². The van der Waals surface area contributed by atoms with Gasteiger partial charge in [0, 0.05) is 18.3 Å². The van der Waals surface area contributed by atoms with Gasteiger partial charge >= 0.3 is 0 Å². The second-order valence-electron chi connectivity index (χ2n) is 5.37. The van der Waals surface area contributed by atoms with Crippen molar-refractivity contribution in [2.75, 3.05) is 0 Å². The quantitative estimate of drug-likeness (QED) is 0.657. The van der Waals surface area contributed by atoms with Gasteiger partial charge in [0.25, 0.3) is 0 Å². The van der Waals surface area contributed by atoms with Crippen molar-refractivity contribution in [1.82, 2.24) is 4.98 Å². The molecule has 0 saturated carbocycles. The molecule has 0 radical (unpaired) electrons. The van der Waals surface area contributed by atoms with E-state index in [0.717, 1.165) is 0 Å². The third kappa shape index (κ3) is 3.50. The van der Waals surface area contributed by atoms with Crippen LogP contribution in [0.4, 0.5) is 0 Å². The number of hydrogen-bond donors (Lipinski definition) is 0. The van der Waals surface area contributed by atoms with E-state index < -0.39 is 0 Å². The van der Waals surface area contributed by atoms with E-state index in [2.05, 4.69) is 57.8 Å². The lowest BCUT2D eigenvalue weighted by Gasteiger charge is -2.29. The minimum atomic E-state index is 0.249. The van der Waals surface area contributed by atoms with Crippen LogP contribution in [0, 0.1) is 5.41 Å². The van der Waals surface area contributed by atoms with Crippen molar-refractivity contribution in [2.45, 2.75) is 40.5 Å². The summed E-state index contributed by atoms with van der Waals surface area (Å²) < 4.78 is 0. The van der Waals surface area contributed by atoms with Crippen molar-refractivity contribution in [2.24, 2.45) is 5.41 Å². The molecule has 0 aliphatic rings. The Labute approximate surface area is 93.2 Å². The molecule has 1 unspecified atom stereocenters. The van der Waals surface area contributed by atoms with E-state index in [-0.39, 0.29) is 5.41 Å². The summed E-state index contributed by atoms with van der Waals surface area (Å²) in [7, 11) is 0. The number of aromatic nitrogens is 1. The normalized spacial score (nSPS) is 13.4. The van der Waals surface area contributed by atoms with Gasteiger partial charge in [0.15, 0.2) is 0 Å². The van der Waals surface area contributed by atoms with Crippen molar-refractivity contribution in [3.8, 4) is 0 Å². The average Bonchev–Trinajstić information content (AvgIpc) is 2.14. The van der Waals surface area contributed by atoms with Crippen molar-refractivity contribution >= 4 is 0 Å². The van der Waals surface area contributed by atoms with Crippen LogP contribution in [-0.2, 0) is 0 Å². The van der Waals surface area contributed by atoms with E-state index >= 15 is 0 Å². The highest BCUT2D eigenvalue weighted by Gasteiger charge is 2.23. The third-order valence-electron chi connectivity index (χ3n) is 2.50. The maximum Gasteiger partial charge on any atom is 0.0270 e. The molecule has 1 aromatic rings. The van der Waals surface area contributed by atoms with Crippen LogP contribution < -0.4 is 0 Å². The fourth-order valence-electron chi connectivity index (χ4n) is 1.75. The average molecular weight is 203 g/mol. The van der Waals surface area contributed by atoms with E-state index in [9.17, 15) is 0 Å².